The van der Waals surface area contributed by atoms with Gasteiger partial charge in [-0.05, 0) is 60.9 Å². The van der Waals surface area contributed by atoms with E-state index >= 15 is 0 Å². The summed E-state index contributed by atoms with van der Waals surface area (Å²) in [5.41, 5.74) is 7.92. The number of aryl methyl sites for hydroxylation is 1. The zero-order valence-corrected chi connectivity index (χ0v) is 19.2. The van der Waals surface area contributed by atoms with Crippen LogP contribution in [-0.4, -0.2) is 11.5 Å². The van der Waals surface area contributed by atoms with Gasteiger partial charge in [-0.3, -0.25) is 0 Å². The Bertz CT molecular complexity index is 1500. The molecule has 4 heteroatoms. The molecule has 0 aliphatic carbocycles. The number of nitrogens with one attached hydrogen (secondary N) is 1. The lowest BCUT2D eigenvalue weighted by atomic mass is 9.82. The number of furan rings is 1. The number of hydrogen-bond donors (Lipinski definition) is 1. The van der Waals surface area contributed by atoms with E-state index in [1.165, 1.54) is 11.3 Å². The number of fused-ring (bicyclic) bond motifs is 4. The second kappa shape index (κ2) is 7.38. The SMILES string of the molecule is CCC1(C)CN(c2cccnc2Nc2ccc3oc4ccccc4c3c2C)c2ccccc21. The minimum atomic E-state index is 0.119. The average molecular weight is 434 g/mol. The topological polar surface area (TPSA) is 41.3 Å². The number of rotatable bonds is 4. The van der Waals surface area contributed by atoms with Gasteiger partial charge in [-0.25, -0.2) is 4.98 Å². The Kier molecular flexibility index (Phi) is 4.44. The van der Waals surface area contributed by atoms with Crippen LogP contribution in [0.15, 0.2) is 83.4 Å². The highest BCUT2D eigenvalue weighted by Gasteiger charge is 2.38. The number of anilines is 4. The molecule has 0 fully saturated rings. The Hall–Kier alpha value is -3.79. The van der Waals surface area contributed by atoms with Gasteiger partial charge in [-0.1, -0.05) is 50.2 Å². The third kappa shape index (κ3) is 3.01. The van der Waals surface area contributed by atoms with E-state index in [4.69, 9.17) is 9.40 Å². The van der Waals surface area contributed by atoms with Gasteiger partial charge < -0.3 is 14.6 Å². The molecule has 4 nitrogen and oxygen atoms in total. The summed E-state index contributed by atoms with van der Waals surface area (Å²) in [5.74, 6) is 0.864. The van der Waals surface area contributed by atoms with Crippen LogP contribution < -0.4 is 10.2 Å². The third-order valence-electron chi connectivity index (χ3n) is 7.27. The van der Waals surface area contributed by atoms with Crippen molar-refractivity contribution in [2.45, 2.75) is 32.6 Å². The van der Waals surface area contributed by atoms with E-state index in [-0.39, 0.29) is 5.41 Å². The molecule has 0 bridgehead atoms. The highest BCUT2D eigenvalue weighted by Crippen LogP contribution is 2.47. The van der Waals surface area contributed by atoms with Gasteiger partial charge in [0.2, 0.25) is 0 Å². The molecule has 1 aliphatic rings. The van der Waals surface area contributed by atoms with E-state index in [9.17, 15) is 0 Å². The first-order valence-electron chi connectivity index (χ1n) is 11.6. The van der Waals surface area contributed by atoms with Gasteiger partial charge in [0, 0.05) is 40.3 Å². The van der Waals surface area contributed by atoms with E-state index in [1.54, 1.807) is 0 Å². The average Bonchev–Trinajstić information content (AvgIpc) is 3.38. The first-order valence-corrected chi connectivity index (χ1v) is 11.6. The van der Waals surface area contributed by atoms with Gasteiger partial charge in [0.05, 0.1) is 5.69 Å². The summed E-state index contributed by atoms with van der Waals surface area (Å²) < 4.78 is 6.07. The quantitative estimate of drug-likeness (QED) is 0.313. The molecule has 0 spiro atoms. The fourth-order valence-corrected chi connectivity index (χ4v) is 5.22. The van der Waals surface area contributed by atoms with Gasteiger partial charge in [0.25, 0.3) is 0 Å². The standard InChI is InChI=1S/C29H27N3O/c1-4-29(3)18-32(23-12-7-6-11-21(23)29)24-13-9-17-30-28(24)31-22-15-16-26-27(19(22)2)20-10-5-8-14-25(20)33-26/h5-17H,4,18H2,1-3H3,(H,30,31). The molecule has 3 aromatic carbocycles. The summed E-state index contributed by atoms with van der Waals surface area (Å²) in [7, 11) is 0. The maximum atomic E-state index is 6.07. The minimum Gasteiger partial charge on any atom is -0.456 e. The smallest absolute Gasteiger partial charge is 0.154 e. The fourth-order valence-electron chi connectivity index (χ4n) is 5.22. The lowest BCUT2D eigenvalue weighted by Crippen LogP contribution is -2.28. The second-order valence-electron chi connectivity index (χ2n) is 9.22. The molecule has 3 heterocycles. The number of benzene rings is 3. The highest BCUT2D eigenvalue weighted by atomic mass is 16.3. The molecule has 1 N–H and O–H groups in total. The molecule has 2 aromatic heterocycles. The number of nitrogens with zero attached hydrogens (tertiary/aromatic N) is 2. The van der Waals surface area contributed by atoms with Crippen molar-refractivity contribution >= 4 is 44.8 Å². The Morgan fingerprint density at radius 1 is 0.939 bits per heavy atom. The van der Waals surface area contributed by atoms with Crippen LogP contribution in [0.1, 0.15) is 31.4 Å². The van der Waals surface area contributed by atoms with Crippen molar-refractivity contribution in [1.82, 2.24) is 4.98 Å². The Labute approximate surface area is 193 Å². The molecule has 5 aromatic rings. The van der Waals surface area contributed by atoms with Crippen molar-refractivity contribution in [2.24, 2.45) is 0 Å². The summed E-state index contributed by atoms with van der Waals surface area (Å²) in [4.78, 5) is 7.17. The summed E-state index contributed by atoms with van der Waals surface area (Å²) in [6.07, 6.45) is 2.95. The second-order valence-corrected chi connectivity index (χ2v) is 9.22. The van der Waals surface area contributed by atoms with E-state index in [2.05, 4.69) is 79.5 Å². The minimum absolute atomic E-state index is 0.119. The van der Waals surface area contributed by atoms with Crippen molar-refractivity contribution in [3.05, 3.63) is 90.1 Å². The van der Waals surface area contributed by atoms with Crippen LogP contribution in [0.4, 0.5) is 22.9 Å². The van der Waals surface area contributed by atoms with Crippen LogP contribution >= 0.6 is 0 Å². The van der Waals surface area contributed by atoms with Crippen LogP contribution in [0.5, 0.6) is 0 Å². The van der Waals surface area contributed by atoms with Gasteiger partial charge in [-0.15, -0.1) is 0 Å². The Morgan fingerprint density at radius 3 is 2.61 bits per heavy atom. The molecular weight excluding hydrogens is 406 g/mol. The Balaban J connectivity index is 1.45. The largest absolute Gasteiger partial charge is 0.456 e. The van der Waals surface area contributed by atoms with Crippen molar-refractivity contribution in [1.29, 1.82) is 0 Å². The normalized spacial score (nSPS) is 17.6. The van der Waals surface area contributed by atoms with Crippen molar-refractivity contribution in [3.63, 3.8) is 0 Å². The lowest BCUT2D eigenvalue weighted by molar-refractivity contribution is 0.492. The molecule has 1 unspecified atom stereocenters. The summed E-state index contributed by atoms with van der Waals surface area (Å²) >= 11 is 0. The van der Waals surface area contributed by atoms with E-state index in [0.717, 1.165) is 57.7 Å². The molecule has 1 aliphatic heterocycles. The number of pyridine rings is 1. The molecule has 33 heavy (non-hydrogen) atoms. The van der Waals surface area contributed by atoms with Crippen molar-refractivity contribution in [3.8, 4) is 0 Å². The summed E-state index contributed by atoms with van der Waals surface area (Å²) in [5, 5.41) is 5.94. The van der Waals surface area contributed by atoms with Crippen LogP contribution in [0.2, 0.25) is 0 Å². The zero-order chi connectivity index (χ0) is 22.6. The molecule has 6 rings (SSSR count). The van der Waals surface area contributed by atoms with E-state index < -0.39 is 0 Å². The zero-order valence-electron chi connectivity index (χ0n) is 19.2. The Morgan fingerprint density at radius 2 is 1.73 bits per heavy atom. The number of aromatic nitrogens is 1. The lowest BCUT2D eigenvalue weighted by Gasteiger charge is -2.26. The number of para-hydroxylation sites is 2. The molecule has 164 valence electrons. The van der Waals surface area contributed by atoms with Crippen molar-refractivity contribution < 1.29 is 4.42 Å². The maximum Gasteiger partial charge on any atom is 0.154 e. The van der Waals surface area contributed by atoms with Crippen LogP contribution in [0, 0.1) is 6.92 Å². The van der Waals surface area contributed by atoms with Crippen LogP contribution in [-0.2, 0) is 5.41 Å². The van der Waals surface area contributed by atoms with Gasteiger partial charge in [-0.2, -0.15) is 0 Å². The maximum absolute atomic E-state index is 6.07. The first-order chi connectivity index (χ1) is 16.1. The molecule has 1 atom stereocenters. The highest BCUT2D eigenvalue weighted by molar-refractivity contribution is 6.08. The predicted octanol–water partition coefficient (Wildman–Crippen LogP) is 7.85. The molecule has 0 amide bonds. The van der Waals surface area contributed by atoms with Gasteiger partial charge in [0.15, 0.2) is 5.82 Å². The van der Waals surface area contributed by atoms with Gasteiger partial charge in [0.1, 0.15) is 11.2 Å². The van der Waals surface area contributed by atoms with Crippen molar-refractivity contribution in [2.75, 3.05) is 16.8 Å². The molecule has 0 saturated carbocycles. The monoisotopic (exact) mass is 433 g/mol. The fraction of sp³-hybridized carbons (Fsp3) is 0.207. The molecular formula is C29H27N3O. The molecule has 0 radical (unpaired) electrons. The first kappa shape index (κ1) is 19.9. The third-order valence-corrected chi connectivity index (χ3v) is 7.27. The van der Waals surface area contributed by atoms with E-state index in [1.807, 2.05) is 30.5 Å². The van der Waals surface area contributed by atoms with E-state index in [0.29, 0.717) is 0 Å². The summed E-state index contributed by atoms with van der Waals surface area (Å²) in [6, 6.07) is 25.3. The number of hydrogen-bond acceptors (Lipinski definition) is 4. The summed E-state index contributed by atoms with van der Waals surface area (Å²) in [6.45, 7) is 7.72. The molecule has 0 saturated heterocycles. The van der Waals surface area contributed by atoms with Crippen LogP contribution in [0.25, 0.3) is 21.9 Å². The predicted molar refractivity (Wildman–Crippen MR) is 137 cm³/mol. The van der Waals surface area contributed by atoms with Gasteiger partial charge >= 0.3 is 0 Å². The van der Waals surface area contributed by atoms with Crippen LogP contribution in [0.3, 0.4) is 0 Å².